The smallest absolute Gasteiger partial charge is 0.261 e. The molecule has 0 atom stereocenters. The Morgan fingerprint density at radius 1 is 1.12 bits per heavy atom. The van der Waals surface area contributed by atoms with E-state index in [-0.39, 0.29) is 5.56 Å². The van der Waals surface area contributed by atoms with Crippen LogP contribution in [0.2, 0.25) is 5.02 Å². The molecule has 0 radical (unpaired) electrons. The fourth-order valence-corrected chi connectivity index (χ4v) is 4.39. The van der Waals surface area contributed by atoms with Crippen LogP contribution in [-0.2, 0) is 4.74 Å². The van der Waals surface area contributed by atoms with Gasteiger partial charge in [-0.25, -0.2) is 4.98 Å². The lowest BCUT2D eigenvalue weighted by Crippen LogP contribution is -2.36. The normalized spacial score (nSPS) is 14.5. The van der Waals surface area contributed by atoms with Crippen molar-refractivity contribution in [3.8, 4) is 11.4 Å². The highest BCUT2D eigenvalue weighted by Gasteiger charge is 2.19. The summed E-state index contributed by atoms with van der Waals surface area (Å²) in [4.78, 5) is 28.7. The van der Waals surface area contributed by atoms with E-state index >= 15 is 0 Å². The number of aromatic amines is 2. The van der Waals surface area contributed by atoms with Crippen molar-refractivity contribution in [2.45, 2.75) is 0 Å². The number of pyridine rings is 1. The highest BCUT2D eigenvalue weighted by atomic mass is 35.5. The summed E-state index contributed by atoms with van der Waals surface area (Å²) < 4.78 is 5.47. The molecule has 0 spiro atoms. The molecule has 5 rings (SSSR count). The van der Waals surface area contributed by atoms with Gasteiger partial charge in [0.15, 0.2) is 0 Å². The van der Waals surface area contributed by atoms with Crippen LogP contribution in [0.1, 0.15) is 0 Å². The van der Waals surface area contributed by atoms with Crippen LogP contribution in [-0.4, -0.2) is 73.3 Å². The van der Waals surface area contributed by atoms with E-state index in [2.05, 4.69) is 37.2 Å². The maximum absolute atomic E-state index is 13.2. The molecule has 1 saturated heterocycles. The van der Waals surface area contributed by atoms with Gasteiger partial charge in [0.2, 0.25) is 0 Å². The highest BCUT2D eigenvalue weighted by Crippen LogP contribution is 2.33. The van der Waals surface area contributed by atoms with Gasteiger partial charge in [-0.15, -0.1) is 0 Å². The molecule has 1 aliphatic rings. The van der Waals surface area contributed by atoms with Crippen molar-refractivity contribution < 1.29 is 4.74 Å². The van der Waals surface area contributed by atoms with Crippen molar-refractivity contribution >= 4 is 44.9 Å². The molecule has 3 N–H and O–H groups in total. The van der Waals surface area contributed by atoms with Crippen LogP contribution in [0.15, 0.2) is 41.2 Å². The molecule has 1 fully saturated rings. The van der Waals surface area contributed by atoms with Crippen LogP contribution in [0.3, 0.4) is 0 Å². The molecule has 0 bridgehead atoms. The number of hydrogen-bond donors (Lipinski definition) is 3. The molecule has 1 aliphatic heterocycles. The Morgan fingerprint density at radius 3 is 2.73 bits per heavy atom. The number of imidazole rings is 1. The number of halogens is 1. The molecule has 172 valence electrons. The number of morpholine rings is 1. The first kappa shape index (κ1) is 21.8. The van der Waals surface area contributed by atoms with Crippen LogP contribution >= 0.6 is 11.6 Å². The summed E-state index contributed by atoms with van der Waals surface area (Å²) in [6, 6.07) is 11.6. The number of fused-ring (bicyclic) bond motifs is 2. The standard InChI is InChI=1S/C24H27ClN6O2/c1-30(2)8-7-26-22-17-13-15(25)3-5-18(17)29-24(32)21(22)23-27-19-6-4-16(14-20(19)28-23)31-9-11-33-12-10-31/h3-6,13-14H,7-12H2,1-2H3,(H,27,28)(H2,26,29,32). The maximum Gasteiger partial charge on any atom is 0.261 e. The average Bonchev–Trinajstić information content (AvgIpc) is 3.22. The third-order valence-corrected chi connectivity index (χ3v) is 6.15. The van der Waals surface area contributed by atoms with Crippen molar-refractivity contribution in [2.24, 2.45) is 0 Å². The molecule has 2 aromatic carbocycles. The Hall–Kier alpha value is -3.07. The van der Waals surface area contributed by atoms with E-state index < -0.39 is 0 Å². The largest absolute Gasteiger partial charge is 0.382 e. The SMILES string of the molecule is CN(C)CCNc1c(-c2nc3ccc(N4CCOCC4)cc3[nH]2)c(=O)[nH]c2ccc(Cl)cc12. The minimum absolute atomic E-state index is 0.204. The van der Waals surface area contributed by atoms with Crippen molar-refractivity contribution in [2.75, 3.05) is 63.7 Å². The summed E-state index contributed by atoms with van der Waals surface area (Å²) in [7, 11) is 4.03. The number of nitrogens with zero attached hydrogens (tertiary/aromatic N) is 3. The van der Waals surface area contributed by atoms with E-state index in [1.807, 2.05) is 32.3 Å². The molecule has 8 nitrogen and oxygen atoms in total. The summed E-state index contributed by atoms with van der Waals surface area (Å²) >= 11 is 6.30. The number of hydrogen-bond acceptors (Lipinski definition) is 6. The molecular formula is C24H27ClN6O2. The lowest BCUT2D eigenvalue weighted by molar-refractivity contribution is 0.122. The Morgan fingerprint density at radius 2 is 1.94 bits per heavy atom. The number of nitrogens with one attached hydrogen (secondary N) is 3. The molecule has 9 heteroatoms. The van der Waals surface area contributed by atoms with Gasteiger partial charge in [-0.1, -0.05) is 11.6 Å². The third kappa shape index (κ3) is 4.42. The molecular weight excluding hydrogens is 440 g/mol. The fourth-order valence-electron chi connectivity index (χ4n) is 4.21. The second-order valence-corrected chi connectivity index (χ2v) is 8.95. The molecule has 2 aromatic heterocycles. The lowest BCUT2D eigenvalue weighted by Gasteiger charge is -2.28. The first-order valence-corrected chi connectivity index (χ1v) is 11.4. The van der Waals surface area contributed by atoms with Crippen LogP contribution in [0.4, 0.5) is 11.4 Å². The lowest BCUT2D eigenvalue weighted by atomic mass is 10.1. The molecule has 0 saturated carbocycles. The van der Waals surface area contributed by atoms with Crippen LogP contribution in [0.25, 0.3) is 33.3 Å². The average molecular weight is 467 g/mol. The zero-order valence-corrected chi connectivity index (χ0v) is 19.5. The first-order chi connectivity index (χ1) is 16.0. The zero-order valence-electron chi connectivity index (χ0n) is 18.7. The number of ether oxygens (including phenoxy) is 1. The summed E-state index contributed by atoms with van der Waals surface area (Å²) in [5.74, 6) is 0.527. The van der Waals surface area contributed by atoms with Crippen molar-refractivity contribution in [3.05, 3.63) is 51.8 Å². The Labute approximate surface area is 196 Å². The number of rotatable bonds is 6. The Kier molecular flexibility index (Phi) is 5.97. The number of aromatic nitrogens is 3. The molecule has 0 unspecified atom stereocenters. The third-order valence-electron chi connectivity index (χ3n) is 5.92. The summed E-state index contributed by atoms with van der Waals surface area (Å²) in [5.41, 5.74) is 4.55. The number of benzene rings is 2. The second-order valence-electron chi connectivity index (χ2n) is 8.51. The van der Waals surface area contributed by atoms with Gasteiger partial charge in [0.05, 0.1) is 35.5 Å². The molecule has 4 aromatic rings. The Balaban J connectivity index is 1.61. The van der Waals surface area contributed by atoms with E-state index in [1.165, 1.54) is 0 Å². The Bertz CT molecular complexity index is 1360. The quantitative estimate of drug-likeness (QED) is 0.403. The van der Waals surface area contributed by atoms with Crippen molar-refractivity contribution in [3.63, 3.8) is 0 Å². The van der Waals surface area contributed by atoms with Gasteiger partial charge >= 0.3 is 0 Å². The van der Waals surface area contributed by atoms with Crippen LogP contribution in [0.5, 0.6) is 0 Å². The van der Waals surface area contributed by atoms with Crippen molar-refractivity contribution in [1.82, 2.24) is 19.9 Å². The molecule has 0 amide bonds. The summed E-state index contributed by atoms with van der Waals surface area (Å²) in [6.07, 6.45) is 0. The van der Waals surface area contributed by atoms with Crippen LogP contribution in [0, 0.1) is 0 Å². The van der Waals surface area contributed by atoms with Gasteiger partial charge in [-0.2, -0.15) is 0 Å². The van der Waals surface area contributed by atoms with Gasteiger partial charge < -0.3 is 29.8 Å². The van der Waals surface area contributed by atoms with Gasteiger partial charge in [-0.05, 0) is 50.5 Å². The highest BCUT2D eigenvalue weighted by molar-refractivity contribution is 6.31. The summed E-state index contributed by atoms with van der Waals surface area (Å²) in [5, 5.41) is 4.92. The molecule has 3 heterocycles. The topological polar surface area (TPSA) is 89.3 Å². The molecule has 33 heavy (non-hydrogen) atoms. The number of anilines is 2. The first-order valence-electron chi connectivity index (χ1n) is 11.1. The fraction of sp³-hybridized carbons (Fsp3) is 0.333. The zero-order chi connectivity index (χ0) is 22.9. The molecule has 0 aliphatic carbocycles. The van der Waals surface area contributed by atoms with Gasteiger partial charge in [0, 0.05) is 42.3 Å². The second kappa shape index (κ2) is 9.05. The van der Waals surface area contributed by atoms with Crippen LogP contribution < -0.4 is 15.8 Å². The predicted molar refractivity (Wildman–Crippen MR) is 135 cm³/mol. The number of H-pyrrole nitrogens is 2. The minimum Gasteiger partial charge on any atom is -0.382 e. The van der Waals surface area contributed by atoms with E-state index in [0.29, 0.717) is 23.0 Å². The number of likely N-dealkylation sites (N-methyl/N-ethyl adjacent to an activating group) is 1. The van der Waals surface area contributed by atoms with Crippen molar-refractivity contribution in [1.29, 1.82) is 0 Å². The van der Waals surface area contributed by atoms with E-state index in [4.69, 9.17) is 21.3 Å². The predicted octanol–water partition coefficient (Wildman–Crippen LogP) is 3.53. The summed E-state index contributed by atoms with van der Waals surface area (Å²) in [6.45, 7) is 4.66. The van der Waals surface area contributed by atoms with E-state index in [9.17, 15) is 4.79 Å². The van der Waals surface area contributed by atoms with E-state index in [1.54, 1.807) is 6.07 Å². The maximum atomic E-state index is 13.2. The van der Waals surface area contributed by atoms with E-state index in [0.717, 1.165) is 66.2 Å². The van der Waals surface area contributed by atoms with Gasteiger partial charge in [-0.3, -0.25) is 4.79 Å². The minimum atomic E-state index is -0.204. The van der Waals surface area contributed by atoms with Gasteiger partial charge in [0.25, 0.3) is 5.56 Å². The monoisotopic (exact) mass is 466 g/mol. The van der Waals surface area contributed by atoms with Gasteiger partial charge in [0.1, 0.15) is 11.4 Å².